The highest BCUT2D eigenvalue weighted by Crippen LogP contribution is 2.26. The molecule has 1 N–H and O–H groups in total. The van der Waals surface area contributed by atoms with Crippen molar-refractivity contribution in [3.05, 3.63) is 102 Å². The molecule has 0 radical (unpaired) electrons. The van der Waals surface area contributed by atoms with Gasteiger partial charge in [0.15, 0.2) is 11.0 Å². The van der Waals surface area contributed by atoms with Crippen molar-refractivity contribution in [2.75, 3.05) is 5.75 Å². The predicted octanol–water partition coefficient (Wildman–Crippen LogP) is 5.30. The lowest BCUT2D eigenvalue weighted by atomic mass is 10.1. The van der Waals surface area contributed by atoms with Crippen LogP contribution in [-0.4, -0.2) is 26.4 Å². The van der Waals surface area contributed by atoms with Crippen molar-refractivity contribution >= 4 is 17.7 Å². The van der Waals surface area contributed by atoms with Crippen molar-refractivity contribution < 1.29 is 9.18 Å². The Morgan fingerprint density at radius 2 is 1.64 bits per heavy atom. The molecule has 168 valence electrons. The maximum Gasteiger partial charge on any atom is 0.230 e. The van der Waals surface area contributed by atoms with Crippen molar-refractivity contribution in [2.24, 2.45) is 0 Å². The number of nitrogens with zero attached hydrogens (tertiary/aromatic N) is 3. The summed E-state index contributed by atoms with van der Waals surface area (Å²) >= 11 is 1.30. The molecule has 0 saturated heterocycles. The van der Waals surface area contributed by atoms with Crippen molar-refractivity contribution in [3.63, 3.8) is 0 Å². The van der Waals surface area contributed by atoms with Gasteiger partial charge in [-0.3, -0.25) is 4.79 Å². The molecule has 0 aliphatic rings. The summed E-state index contributed by atoms with van der Waals surface area (Å²) in [5.41, 5.74) is 2.60. The minimum atomic E-state index is -0.350. The highest BCUT2D eigenvalue weighted by Gasteiger charge is 2.18. The van der Waals surface area contributed by atoms with E-state index in [0.717, 1.165) is 17.5 Å². The summed E-state index contributed by atoms with van der Waals surface area (Å²) in [6.07, 6.45) is 0.741. The number of benzene rings is 3. The van der Waals surface area contributed by atoms with Gasteiger partial charge in [-0.15, -0.1) is 10.2 Å². The Bertz CT molecular complexity index is 1200. The van der Waals surface area contributed by atoms with Gasteiger partial charge in [0.05, 0.1) is 17.4 Å². The molecule has 0 aliphatic carbocycles. The SMILES string of the molecule is C[C@@H](NC(=O)CSc1nnc(-c2ccccc2F)n1CCc1ccccc1)c1ccccc1. The summed E-state index contributed by atoms with van der Waals surface area (Å²) < 4.78 is 16.4. The summed E-state index contributed by atoms with van der Waals surface area (Å²) in [6.45, 7) is 2.53. The molecule has 4 aromatic rings. The Kier molecular flexibility index (Phi) is 7.52. The van der Waals surface area contributed by atoms with Gasteiger partial charge in [0, 0.05) is 6.54 Å². The molecule has 1 atom stereocenters. The number of amides is 1. The van der Waals surface area contributed by atoms with E-state index in [1.165, 1.54) is 17.8 Å². The molecule has 1 amide bonds. The molecule has 0 fully saturated rings. The number of hydrogen-bond donors (Lipinski definition) is 1. The number of carbonyl (C=O) groups is 1. The Hall–Kier alpha value is -3.45. The van der Waals surface area contributed by atoms with Crippen LogP contribution in [0.1, 0.15) is 24.1 Å². The van der Waals surface area contributed by atoms with Crippen LogP contribution in [-0.2, 0) is 17.8 Å². The molecular weight excluding hydrogens is 435 g/mol. The number of aromatic nitrogens is 3. The topological polar surface area (TPSA) is 59.8 Å². The highest BCUT2D eigenvalue weighted by atomic mass is 32.2. The van der Waals surface area contributed by atoms with Crippen LogP contribution < -0.4 is 5.32 Å². The van der Waals surface area contributed by atoms with Gasteiger partial charge >= 0.3 is 0 Å². The second-order valence-corrected chi connectivity index (χ2v) is 8.60. The van der Waals surface area contributed by atoms with Gasteiger partial charge in [-0.2, -0.15) is 0 Å². The average molecular weight is 461 g/mol. The maximum absolute atomic E-state index is 14.5. The standard InChI is InChI=1S/C26H25FN4OS/c1-19(21-12-6-3-7-13-21)28-24(32)18-33-26-30-29-25(22-14-8-9-15-23(22)27)31(26)17-16-20-10-4-2-5-11-20/h2-15,19H,16-18H2,1H3,(H,28,32)/t19-/m1/s1. The molecule has 0 saturated carbocycles. The van der Waals surface area contributed by atoms with E-state index in [2.05, 4.69) is 27.6 Å². The van der Waals surface area contributed by atoms with Gasteiger partial charge < -0.3 is 9.88 Å². The number of halogens is 1. The summed E-state index contributed by atoms with van der Waals surface area (Å²) in [4.78, 5) is 12.6. The minimum Gasteiger partial charge on any atom is -0.349 e. The van der Waals surface area contributed by atoms with Crippen LogP contribution in [0, 0.1) is 5.82 Å². The van der Waals surface area contributed by atoms with E-state index in [1.54, 1.807) is 18.2 Å². The van der Waals surface area contributed by atoms with Gasteiger partial charge in [0.2, 0.25) is 5.91 Å². The molecule has 3 aromatic carbocycles. The molecule has 0 aliphatic heterocycles. The fraction of sp³-hybridized carbons (Fsp3) is 0.192. The number of carbonyl (C=O) groups excluding carboxylic acids is 1. The first-order valence-electron chi connectivity index (χ1n) is 10.8. The van der Waals surface area contributed by atoms with Gasteiger partial charge in [-0.1, -0.05) is 84.6 Å². The van der Waals surface area contributed by atoms with Crippen LogP contribution in [0.15, 0.2) is 90.1 Å². The van der Waals surface area contributed by atoms with Crippen molar-refractivity contribution in [2.45, 2.75) is 31.1 Å². The van der Waals surface area contributed by atoms with Gasteiger partial charge in [0.25, 0.3) is 0 Å². The summed E-state index contributed by atoms with van der Waals surface area (Å²) in [7, 11) is 0. The van der Waals surface area contributed by atoms with Crippen LogP contribution in [0.25, 0.3) is 11.4 Å². The molecule has 1 heterocycles. The Morgan fingerprint density at radius 3 is 2.36 bits per heavy atom. The second kappa shape index (κ2) is 10.9. The van der Waals surface area contributed by atoms with E-state index < -0.39 is 0 Å². The molecule has 4 rings (SSSR count). The molecule has 0 unspecified atom stereocenters. The lowest BCUT2D eigenvalue weighted by molar-refractivity contribution is -0.119. The fourth-order valence-electron chi connectivity index (χ4n) is 3.56. The third-order valence-corrected chi connectivity index (χ3v) is 6.27. The van der Waals surface area contributed by atoms with E-state index in [1.807, 2.05) is 60.0 Å². The molecule has 1 aromatic heterocycles. The highest BCUT2D eigenvalue weighted by molar-refractivity contribution is 7.99. The molecule has 0 spiro atoms. The Morgan fingerprint density at radius 1 is 0.970 bits per heavy atom. The smallest absolute Gasteiger partial charge is 0.230 e. The number of hydrogen-bond acceptors (Lipinski definition) is 4. The summed E-state index contributed by atoms with van der Waals surface area (Å²) in [6, 6.07) is 26.3. The average Bonchev–Trinajstić information content (AvgIpc) is 3.25. The zero-order chi connectivity index (χ0) is 23.0. The summed E-state index contributed by atoms with van der Waals surface area (Å²) in [5.74, 6) is 0.209. The molecule has 7 heteroatoms. The molecular formula is C26H25FN4OS. The summed E-state index contributed by atoms with van der Waals surface area (Å²) in [5, 5.41) is 12.2. The number of rotatable bonds is 9. The lowest BCUT2D eigenvalue weighted by Gasteiger charge is -2.14. The van der Waals surface area contributed by atoms with E-state index in [0.29, 0.717) is 23.1 Å². The fourth-order valence-corrected chi connectivity index (χ4v) is 4.34. The third kappa shape index (κ3) is 5.87. The zero-order valence-corrected chi connectivity index (χ0v) is 19.1. The third-order valence-electron chi connectivity index (χ3n) is 5.31. The number of nitrogens with one attached hydrogen (secondary N) is 1. The van der Waals surface area contributed by atoms with Crippen LogP contribution in [0.2, 0.25) is 0 Å². The second-order valence-electron chi connectivity index (χ2n) is 7.66. The maximum atomic E-state index is 14.5. The largest absolute Gasteiger partial charge is 0.349 e. The van der Waals surface area contributed by atoms with Crippen LogP contribution in [0.4, 0.5) is 4.39 Å². The monoisotopic (exact) mass is 460 g/mol. The minimum absolute atomic E-state index is 0.0933. The molecule has 0 bridgehead atoms. The molecule has 33 heavy (non-hydrogen) atoms. The van der Waals surface area contributed by atoms with Crippen molar-refractivity contribution in [3.8, 4) is 11.4 Å². The van der Waals surface area contributed by atoms with Crippen LogP contribution in [0.3, 0.4) is 0 Å². The van der Waals surface area contributed by atoms with Gasteiger partial charge in [0.1, 0.15) is 5.82 Å². The van der Waals surface area contributed by atoms with E-state index >= 15 is 0 Å². The van der Waals surface area contributed by atoms with E-state index in [4.69, 9.17) is 0 Å². The van der Waals surface area contributed by atoms with Crippen LogP contribution in [0.5, 0.6) is 0 Å². The quantitative estimate of drug-likeness (QED) is 0.345. The van der Waals surface area contributed by atoms with Crippen molar-refractivity contribution in [1.82, 2.24) is 20.1 Å². The first-order chi connectivity index (χ1) is 16.1. The normalized spacial score (nSPS) is 11.8. The van der Waals surface area contributed by atoms with Crippen molar-refractivity contribution in [1.29, 1.82) is 0 Å². The lowest BCUT2D eigenvalue weighted by Crippen LogP contribution is -2.28. The molecule has 5 nitrogen and oxygen atoms in total. The van der Waals surface area contributed by atoms with Gasteiger partial charge in [-0.25, -0.2) is 4.39 Å². The zero-order valence-electron chi connectivity index (χ0n) is 18.3. The number of thioether (sulfide) groups is 1. The Labute approximate surface area is 197 Å². The van der Waals surface area contributed by atoms with E-state index in [-0.39, 0.29) is 23.5 Å². The number of aryl methyl sites for hydroxylation is 1. The Balaban J connectivity index is 1.49. The van der Waals surface area contributed by atoms with Gasteiger partial charge in [-0.05, 0) is 36.6 Å². The predicted molar refractivity (Wildman–Crippen MR) is 129 cm³/mol. The first-order valence-corrected chi connectivity index (χ1v) is 11.8. The van der Waals surface area contributed by atoms with Crippen LogP contribution >= 0.6 is 11.8 Å². The first kappa shape index (κ1) is 22.7. The van der Waals surface area contributed by atoms with E-state index in [9.17, 15) is 9.18 Å².